The number of rotatable bonds is 6. The normalized spacial score (nSPS) is 12.9. The second-order valence-corrected chi connectivity index (χ2v) is 11.9. The SMILES string of the molecule is Cc1ccc(NC(=O)c2c(-n3c(C)cc(/C=N\NC(=O)c4cccc(I)c4)c3C)sc3c2CCCC3)cc1. The summed E-state index contributed by atoms with van der Waals surface area (Å²) in [4.78, 5) is 27.5. The number of anilines is 1. The first-order chi connectivity index (χ1) is 18.3. The summed E-state index contributed by atoms with van der Waals surface area (Å²) in [6, 6.07) is 17.3. The van der Waals surface area contributed by atoms with E-state index < -0.39 is 0 Å². The fourth-order valence-electron chi connectivity index (χ4n) is 4.86. The molecule has 2 amide bonds. The second kappa shape index (κ2) is 11.2. The zero-order valence-electron chi connectivity index (χ0n) is 21.6. The summed E-state index contributed by atoms with van der Waals surface area (Å²) >= 11 is 3.89. The van der Waals surface area contributed by atoms with Crippen molar-refractivity contribution in [2.45, 2.75) is 46.5 Å². The molecular formula is C30H29IN4O2S. The lowest BCUT2D eigenvalue weighted by Crippen LogP contribution is -2.18. The Morgan fingerprint density at radius 1 is 1.00 bits per heavy atom. The molecule has 2 N–H and O–H groups in total. The minimum absolute atomic E-state index is 0.0734. The van der Waals surface area contributed by atoms with Gasteiger partial charge in [-0.25, -0.2) is 5.43 Å². The van der Waals surface area contributed by atoms with E-state index in [1.807, 2.05) is 69.3 Å². The number of benzene rings is 2. The summed E-state index contributed by atoms with van der Waals surface area (Å²) in [5.41, 5.74) is 9.95. The predicted octanol–water partition coefficient (Wildman–Crippen LogP) is 6.96. The Hall–Kier alpha value is -3.24. The zero-order chi connectivity index (χ0) is 26.8. The molecule has 4 aromatic rings. The molecule has 6 nitrogen and oxygen atoms in total. The third-order valence-electron chi connectivity index (χ3n) is 6.82. The molecule has 5 rings (SSSR count). The predicted molar refractivity (Wildman–Crippen MR) is 163 cm³/mol. The molecule has 2 heterocycles. The van der Waals surface area contributed by atoms with Crippen LogP contribution >= 0.6 is 33.9 Å². The number of carbonyl (C=O) groups is 2. The van der Waals surface area contributed by atoms with Crippen LogP contribution in [0.15, 0.2) is 59.7 Å². The number of halogens is 1. The van der Waals surface area contributed by atoms with Crippen molar-refractivity contribution in [3.05, 3.63) is 102 Å². The first kappa shape index (κ1) is 26.4. The third kappa shape index (κ3) is 5.47. The molecule has 0 aliphatic heterocycles. The lowest BCUT2D eigenvalue weighted by molar-refractivity contribution is 0.0954. The maximum absolute atomic E-state index is 13.7. The van der Waals surface area contributed by atoms with Crippen LogP contribution in [0.25, 0.3) is 5.00 Å². The Morgan fingerprint density at radius 2 is 1.76 bits per heavy atom. The standard InChI is InChI=1S/C30H29IN4O2S/c1-18-11-13-24(14-12-18)33-29(37)27-25-9-4-5-10-26(25)38-30(27)35-19(2)15-22(20(35)3)17-32-34-28(36)21-7-6-8-23(31)16-21/h6-8,11-17H,4-5,9-10H2,1-3H3,(H,33,37)(H,34,36)/b32-17-. The fourth-order valence-corrected chi connectivity index (χ4v) is 6.90. The summed E-state index contributed by atoms with van der Waals surface area (Å²) in [5.74, 6) is -0.328. The smallest absolute Gasteiger partial charge is 0.271 e. The number of carbonyl (C=O) groups excluding carboxylic acids is 2. The van der Waals surface area contributed by atoms with Crippen LogP contribution in [0.1, 0.15) is 66.5 Å². The molecule has 0 radical (unpaired) electrons. The Morgan fingerprint density at radius 3 is 2.53 bits per heavy atom. The van der Waals surface area contributed by atoms with Gasteiger partial charge in [-0.3, -0.25) is 9.59 Å². The second-order valence-electron chi connectivity index (χ2n) is 9.58. The number of hydrogen-bond donors (Lipinski definition) is 2. The van der Waals surface area contributed by atoms with Gasteiger partial charge in [-0.2, -0.15) is 5.10 Å². The highest BCUT2D eigenvalue weighted by Gasteiger charge is 2.28. The van der Waals surface area contributed by atoms with Gasteiger partial charge >= 0.3 is 0 Å². The van der Waals surface area contributed by atoms with Crippen molar-refractivity contribution in [2.75, 3.05) is 5.32 Å². The molecule has 0 atom stereocenters. The summed E-state index contributed by atoms with van der Waals surface area (Å²) < 4.78 is 3.14. The monoisotopic (exact) mass is 636 g/mol. The summed E-state index contributed by atoms with van der Waals surface area (Å²) in [5, 5.41) is 8.29. The van der Waals surface area contributed by atoms with Crippen molar-refractivity contribution in [2.24, 2.45) is 5.10 Å². The van der Waals surface area contributed by atoms with Crippen molar-refractivity contribution in [1.82, 2.24) is 9.99 Å². The molecule has 0 saturated carbocycles. The van der Waals surface area contributed by atoms with Crippen molar-refractivity contribution in [1.29, 1.82) is 0 Å². The van der Waals surface area contributed by atoms with Crippen LogP contribution in [0.4, 0.5) is 5.69 Å². The Labute approximate surface area is 240 Å². The lowest BCUT2D eigenvalue weighted by Gasteiger charge is -2.14. The van der Waals surface area contributed by atoms with Crippen LogP contribution in [0.2, 0.25) is 0 Å². The maximum atomic E-state index is 13.7. The molecule has 0 spiro atoms. The molecule has 0 bridgehead atoms. The Balaban J connectivity index is 1.45. The summed E-state index contributed by atoms with van der Waals surface area (Å²) in [6.45, 7) is 6.09. The van der Waals surface area contributed by atoms with E-state index >= 15 is 0 Å². The number of hydrazone groups is 1. The first-order valence-corrected chi connectivity index (χ1v) is 14.5. The molecule has 194 valence electrons. The molecule has 2 aromatic heterocycles. The van der Waals surface area contributed by atoms with Gasteiger partial charge in [0.05, 0.1) is 11.8 Å². The average Bonchev–Trinajstić information content (AvgIpc) is 3.41. The largest absolute Gasteiger partial charge is 0.322 e. The molecule has 0 unspecified atom stereocenters. The molecule has 0 fully saturated rings. The van der Waals surface area contributed by atoms with Gasteiger partial charge in [0.1, 0.15) is 5.00 Å². The van der Waals surface area contributed by atoms with Crippen molar-refractivity contribution in [3.8, 4) is 5.00 Å². The van der Waals surface area contributed by atoms with E-state index in [0.29, 0.717) is 5.56 Å². The van der Waals surface area contributed by atoms with Crippen molar-refractivity contribution >= 4 is 57.6 Å². The van der Waals surface area contributed by atoms with Gasteiger partial charge in [-0.15, -0.1) is 11.3 Å². The van der Waals surface area contributed by atoms with Gasteiger partial charge in [0.2, 0.25) is 0 Å². The minimum atomic E-state index is -0.255. The number of amides is 2. The molecular weight excluding hydrogens is 607 g/mol. The van der Waals surface area contributed by atoms with E-state index in [9.17, 15) is 9.59 Å². The molecule has 1 aliphatic carbocycles. The molecule has 2 aromatic carbocycles. The first-order valence-electron chi connectivity index (χ1n) is 12.6. The summed E-state index contributed by atoms with van der Waals surface area (Å²) in [7, 11) is 0. The van der Waals surface area contributed by atoms with E-state index in [-0.39, 0.29) is 11.8 Å². The number of nitrogens with zero attached hydrogens (tertiary/aromatic N) is 2. The lowest BCUT2D eigenvalue weighted by atomic mass is 9.95. The average molecular weight is 637 g/mol. The van der Waals surface area contributed by atoms with Crippen molar-refractivity contribution < 1.29 is 9.59 Å². The van der Waals surface area contributed by atoms with E-state index in [4.69, 9.17) is 0 Å². The number of fused-ring (bicyclic) bond motifs is 1. The summed E-state index contributed by atoms with van der Waals surface area (Å²) in [6.07, 6.45) is 5.83. The molecule has 38 heavy (non-hydrogen) atoms. The highest BCUT2D eigenvalue weighted by Crippen LogP contribution is 2.39. The highest BCUT2D eigenvalue weighted by atomic mass is 127. The number of hydrogen-bond acceptors (Lipinski definition) is 4. The zero-order valence-corrected chi connectivity index (χ0v) is 24.6. The topological polar surface area (TPSA) is 75.5 Å². The van der Waals surface area contributed by atoms with Crippen molar-refractivity contribution in [3.63, 3.8) is 0 Å². The van der Waals surface area contributed by atoms with E-state index in [1.165, 1.54) is 10.4 Å². The molecule has 1 aliphatic rings. The van der Waals surface area contributed by atoms with Crippen LogP contribution in [0.3, 0.4) is 0 Å². The van der Waals surface area contributed by atoms with Crippen LogP contribution in [-0.4, -0.2) is 22.6 Å². The van der Waals surface area contributed by atoms with Crippen LogP contribution in [0, 0.1) is 24.3 Å². The van der Waals surface area contributed by atoms with Gasteiger partial charge in [-0.05, 0) is 111 Å². The van der Waals surface area contributed by atoms with Gasteiger partial charge in [0.15, 0.2) is 0 Å². The highest BCUT2D eigenvalue weighted by molar-refractivity contribution is 14.1. The van der Waals surface area contributed by atoms with E-state index in [0.717, 1.165) is 68.0 Å². The quantitative estimate of drug-likeness (QED) is 0.136. The Bertz CT molecular complexity index is 1550. The van der Waals surface area contributed by atoms with E-state index in [2.05, 4.69) is 43.0 Å². The third-order valence-corrected chi connectivity index (χ3v) is 8.77. The van der Waals surface area contributed by atoms with Crippen LogP contribution in [-0.2, 0) is 12.8 Å². The van der Waals surface area contributed by atoms with Crippen LogP contribution < -0.4 is 10.7 Å². The number of nitrogens with one attached hydrogen (secondary N) is 2. The number of aryl methyl sites for hydroxylation is 3. The maximum Gasteiger partial charge on any atom is 0.271 e. The number of aromatic nitrogens is 1. The van der Waals surface area contributed by atoms with Gasteiger partial charge in [-0.1, -0.05) is 23.8 Å². The van der Waals surface area contributed by atoms with Crippen LogP contribution in [0.5, 0.6) is 0 Å². The van der Waals surface area contributed by atoms with Gasteiger partial charge < -0.3 is 9.88 Å². The minimum Gasteiger partial charge on any atom is -0.322 e. The molecule has 8 heteroatoms. The van der Waals surface area contributed by atoms with E-state index in [1.54, 1.807) is 23.6 Å². The Kier molecular flexibility index (Phi) is 7.80. The van der Waals surface area contributed by atoms with Gasteiger partial charge in [0.25, 0.3) is 11.8 Å². The molecule has 0 saturated heterocycles. The fraction of sp³-hybridized carbons (Fsp3) is 0.233. The van der Waals surface area contributed by atoms with Gasteiger partial charge in [0, 0.05) is 36.6 Å². The number of thiophene rings is 1.